The fourth-order valence-electron chi connectivity index (χ4n) is 2.12. The lowest BCUT2D eigenvalue weighted by atomic mass is 10.1. The lowest BCUT2D eigenvalue weighted by molar-refractivity contribution is -0.137. The molecule has 0 saturated carbocycles. The van der Waals surface area contributed by atoms with Crippen molar-refractivity contribution in [2.45, 2.75) is 28.6 Å². The van der Waals surface area contributed by atoms with Crippen LogP contribution in [-0.2, 0) is 4.79 Å². The molecular weight excluding hydrogens is 292 g/mol. The average Bonchev–Trinajstić information content (AvgIpc) is 2.71. The van der Waals surface area contributed by atoms with Crippen molar-refractivity contribution in [1.29, 1.82) is 0 Å². The first-order valence-corrected chi connectivity index (χ1v) is 10.1. The number of aliphatic carboxylic acids is 1. The van der Waals surface area contributed by atoms with Crippen molar-refractivity contribution < 1.29 is 9.90 Å². The summed E-state index contributed by atoms with van der Waals surface area (Å²) in [4.78, 5) is 11.5. The lowest BCUT2D eigenvalue weighted by Gasteiger charge is -2.28. The zero-order chi connectivity index (χ0) is 12.1. The highest BCUT2D eigenvalue weighted by Crippen LogP contribution is 2.49. The second-order valence-corrected chi connectivity index (χ2v) is 9.89. The fraction of sp³-hybridized carbons (Fsp3) is 0.909. The normalized spacial score (nSPS) is 29.5. The van der Waals surface area contributed by atoms with Crippen LogP contribution in [0.3, 0.4) is 0 Å². The smallest absolute Gasteiger partial charge is 0.330 e. The van der Waals surface area contributed by atoms with Crippen LogP contribution in [0.5, 0.6) is 0 Å². The Kier molecular flexibility index (Phi) is 5.77. The Labute approximate surface area is 120 Å². The van der Waals surface area contributed by atoms with E-state index < -0.39 is 10.0 Å². The largest absolute Gasteiger partial charge is 0.480 e. The summed E-state index contributed by atoms with van der Waals surface area (Å²) in [5.41, 5.74) is 0. The first kappa shape index (κ1) is 14.3. The Balaban J connectivity index is 1.94. The van der Waals surface area contributed by atoms with Gasteiger partial charge in [0.2, 0.25) is 0 Å². The quantitative estimate of drug-likeness (QED) is 0.862. The molecule has 17 heavy (non-hydrogen) atoms. The highest BCUT2D eigenvalue weighted by Gasteiger charge is 2.44. The minimum absolute atomic E-state index is 0.538. The van der Waals surface area contributed by atoms with E-state index in [0.29, 0.717) is 5.25 Å². The maximum Gasteiger partial charge on any atom is 0.330 e. The number of carboxylic acids is 1. The van der Waals surface area contributed by atoms with Gasteiger partial charge in [0.25, 0.3) is 0 Å². The second kappa shape index (κ2) is 6.87. The van der Waals surface area contributed by atoms with E-state index in [-0.39, 0.29) is 0 Å². The Morgan fingerprint density at radius 3 is 2.65 bits per heavy atom. The molecule has 2 saturated heterocycles. The van der Waals surface area contributed by atoms with Gasteiger partial charge >= 0.3 is 5.97 Å². The molecule has 2 rings (SSSR count). The molecule has 0 aromatic carbocycles. The van der Waals surface area contributed by atoms with Gasteiger partial charge in [0.15, 0.2) is 4.08 Å². The predicted molar refractivity (Wildman–Crippen MR) is 82.7 cm³/mol. The van der Waals surface area contributed by atoms with Gasteiger partial charge in [-0.2, -0.15) is 23.5 Å². The van der Waals surface area contributed by atoms with Gasteiger partial charge in [-0.15, -0.1) is 23.5 Å². The molecule has 2 heterocycles. The van der Waals surface area contributed by atoms with Crippen LogP contribution in [0, 0.1) is 0 Å². The zero-order valence-corrected chi connectivity index (χ0v) is 13.0. The lowest BCUT2D eigenvalue weighted by Crippen LogP contribution is -2.33. The van der Waals surface area contributed by atoms with Crippen LogP contribution in [0.2, 0.25) is 0 Å². The van der Waals surface area contributed by atoms with E-state index in [1.165, 1.54) is 30.1 Å². The molecule has 0 spiro atoms. The van der Waals surface area contributed by atoms with Crippen molar-refractivity contribution in [2.24, 2.45) is 0 Å². The van der Waals surface area contributed by atoms with Crippen LogP contribution in [0.4, 0.5) is 0 Å². The number of thioether (sulfide) groups is 4. The van der Waals surface area contributed by atoms with Crippen LogP contribution in [0.25, 0.3) is 0 Å². The summed E-state index contributed by atoms with van der Waals surface area (Å²) in [6, 6.07) is 0. The van der Waals surface area contributed by atoms with Gasteiger partial charge in [0.1, 0.15) is 0 Å². The summed E-state index contributed by atoms with van der Waals surface area (Å²) in [6.45, 7) is 0. The molecule has 0 aromatic heterocycles. The SMILES string of the molecule is O=C(O)C1(CC2CCCSCCS2)SCCS1. The molecule has 0 radical (unpaired) electrons. The first-order chi connectivity index (χ1) is 8.23. The van der Waals surface area contributed by atoms with E-state index in [2.05, 4.69) is 0 Å². The van der Waals surface area contributed by atoms with Crippen LogP contribution in [0.1, 0.15) is 19.3 Å². The van der Waals surface area contributed by atoms with Gasteiger partial charge in [-0.1, -0.05) is 0 Å². The number of hydrogen-bond acceptors (Lipinski definition) is 5. The predicted octanol–water partition coefficient (Wildman–Crippen LogP) is 3.27. The van der Waals surface area contributed by atoms with E-state index in [1.807, 2.05) is 23.5 Å². The molecule has 1 atom stereocenters. The maximum atomic E-state index is 11.5. The standard InChI is InChI=1S/C11H18O2S4/c12-10(13)11(16-6-7-17-11)8-9-2-1-3-14-4-5-15-9/h9H,1-8H2,(H,12,13). The zero-order valence-electron chi connectivity index (χ0n) is 9.72. The van der Waals surface area contributed by atoms with Crippen molar-refractivity contribution in [3.63, 3.8) is 0 Å². The molecule has 2 nitrogen and oxygen atoms in total. The first-order valence-electron chi connectivity index (χ1n) is 5.94. The Morgan fingerprint density at radius 1 is 1.18 bits per heavy atom. The maximum absolute atomic E-state index is 11.5. The molecule has 0 amide bonds. The molecule has 1 unspecified atom stereocenters. The van der Waals surface area contributed by atoms with Gasteiger partial charge in [-0.25, -0.2) is 4.79 Å². The summed E-state index contributed by atoms with van der Waals surface area (Å²) in [6.07, 6.45) is 3.27. The number of carboxylic acid groups (broad SMARTS) is 1. The van der Waals surface area contributed by atoms with E-state index in [9.17, 15) is 9.90 Å². The summed E-state index contributed by atoms with van der Waals surface area (Å²) < 4.78 is -0.538. The van der Waals surface area contributed by atoms with E-state index in [1.54, 1.807) is 23.5 Å². The van der Waals surface area contributed by atoms with E-state index >= 15 is 0 Å². The minimum atomic E-state index is -0.609. The molecule has 2 aliphatic heterocycles. The highest BCUT2D eigenvalue weighted by atomic mass is 32.2. The van der Waals surface area contributed by atoms with Crippen molar-refractivity contribution in [3.8, 4) is 0 Å². The molecule has 2 aliphatic rings. The van der Waals surface area contributed by atoms with Gasteiger partial charge in [-0.3, -0.25) is 0 Å². The van der Waals surface area contributed by atoms with Crippen molar-refractivity contribution >= 4 is 53.0 Å². The van der Waals surface area contributed by atoms with Crippen LogP contribution < -0.4 is 0 Å². The van der Waals surface area contributed by atoms with Crippen LogP contribution in [0.15, 0.2) is 0 Å². The topological polar surface area (TPSA) is 37.3 Å². The highest BCUT2D eigenvalue weighted by molar-refractivity contribution is 8.22. The third kappa shape index (κ3) is 3.91. The minimum Gasteiger partial charge on any atom is -0.480 e. The van der Waals surface area contributed by atoms with E-state index in [4.69, 9.17) is 0 Å². The third-order valence-electron chi connectivity index (χ3n) is 2.97. The van der Waals surface area contributed by atoms with Gasteiger partial charge in [-0.05, 0) is 25.0 Å². The summed E-state index contributed by atoms with van der Waals surface area (Å²) in [5, 5.41) is 10.0. The molecule has 2 fully saturated rings. The molecule has 98 valence electrons. The number of hydrogen-bond donors (Lipinski definition) is 1. The Bertz CT molecular complexity index is 258. The number of carbonyl (C=O) groups is 1. The monoisotopic (exact) mass is 310 g/mol. The van der Waals surface area contributed by atoms with Crippen molar-refractivity contribution in [1.82, 2.24) is 0 Å². The van der Waals surface area contributed by atoms with Gasteiger partial charge < -0.3 is 5.11 Å². The summed E-state index contributed by atoms with van der Waals surface area (Å²) >= 11 is 7.32. The van der Waals surface area contributed by atoms with Crippen molar-refractivity contribution in [2.75, 3.05) is 28.8 Å². The van der Waals surface area contributed by atoms with Gasteiger partial charge in [0.05, 0.1) is 0 Å². The summed E-state index contributed by atoms with van der Waals surface area (Å²) in [7, 11) is 0. The molecular formula is C11H18O2S4. The molecule has 0 aliphatic carbocycles. The molecule has 6 heteroatoms. The second-order valence-electron chi connectivity index (χ2n) is 4.21. The Morgan fingerprint density at radius 2 is 1.94 bits per heavy atom. The average molecular weight is 311 g/mol. The van der Waals surface area contributed by atoms with Crippen LogP contribution in [-0.4, -0.2) is 49.2 Å². The molecule has 1 N–H and O–H groups in total. The summed E-state index contributed by atoms with van der Waals surface area (Å²) in [5.74, 6) is 5.02. The van der Waals surface area contributed by atoms with Gasteiger partial charge in [0, 0.05) is 28.3 Å². The number of rotatable bonds is 3. The van der Waals surface area contributed by atoms with Crippen LogP contribution >= 0.6 is 47.0 Å². The van der Waals surface area contributed by atoms with E-state index in [0.717, 1.165) is 17.9 Å². The Hall–Kier alpha value is 0.870. The molecule has 0 aromatic rings. The van der Waals surface area contributed by atoms with Crippen molar-refractivity contribution in [3.05, 3.63) is 0 Å². The third-order valence-corrected chi connectivity index (χ3v) is 9.01. The molecule has 0 bridgehead atoms. The fourth-order valence-corrected chi connectivity index (χ4v) is 7.84.